The SMILES string of the molecule is COc1ccc(O[C@@H]2CCN(Cc3cccc4nonc34)C[C@H]2O)cc1OC. The molecule has 2 aromatic carbocycles. The number of hydrogen-bond donors (Lipinski definition) is 1. The first-order valence-electron chi connectivity index (χ1n) is 9.17. The number of nitrogens with zero attached hydrogens (tertiary/aromatic N) is 3. The van der Waals surface area contributed by atoms with Crippen molar-refractivity contribution >= 4 is 11.0 Å². The molecule has 0 unspecified atom stereocenters. The van der Waals surface area contributed by atoms with E-state index in [1.165, 1.54) is 0 Å². The van der Waals surface area contributed by atoms with Gasteiger partial charge in [-0.05, 0) is 40.5 Å². The molecule has 1 saturated heterocycles. The van der Waals surface area contributed by atoms with Crippen LogP contribution in [-0.2, 0) is 6.54 Å². The summed E-state index contributed by atoms with van der Waals surface area (Å²) in [6, 6.07) is 11.2. The lowest BCUT2D eigenvalue weighted by Gasteiger charge is -2.36. The van der Waals surface area contributed by atoms with Crippen molar-refractivity contribution in [2.75, 3.05) is 27.3 Å². The van der Waals surface area contributed by atoms with Crippen LogP contribution in [0.4, 0.5) is 0 Å². The summed E-state index contributed by atoms with van der Waals surface area (Å²) in [6.07, 6.45) is -0.168. The van der Waals surface area contributed by atoms with Crippen molar-refractivity contribution in [2.24, 2.45) is 0 Å². The molecule has 0 bridgehead atoms. The number of hydrogen-bond acceptors (Lipinski definition) is 8. The van der Waals surface area contributed by atoms with E-state index < -0.39 is 6.10 Å². The average Bonchev–Trinajstić information content (AvgIpc) is 3.20. The summed E-state index contributed by atoms with van der Waals surface area (Å²) in [5.74, 6) is 1.89. The van der Waals surface area contributed by atoms with Gasteiger partial charge in [0.2, 0.25) is 0 Å². The van der Waals surface area contributed by atoms with Gasteiger partial charge in [0.05, 0.1) is 14.2 Å². The van der Waals surface area contributed by atoms with Gasteiger partial charge in [-0.1, -0.05) is 12.1 Å². The summed E-state index contributed by atoms with van der Waals surface area (Å²) >= 11 is 0. The van der Waals surface area contributed by atoms with Crippen LogP contribution < -0.4 is 14.2 Å². The highest BCUT2D eigenvalue weighted by Gasteiger charge is 2.30. The lowest BCUT2D eigenvalue weighted by Crippen LogP contribution is -2.48. The first-order chi connectivity index (χ1) is 13.7. The maximum atomic E-state index is 10.6. The highest BCUT2D eigenvalue weighted by molar-refractivity contribution is 5.76. The molecule has 8 heteroatoms. The quantitative estimate of drug-likeness (QED) is 0.691. The van der Waals surface area contributed by atoms with Crippen molar-refractivity contribution in [1.29, 1.82) is 0 Å². The second kappa shape index (κ2) is 8.04. The fourth-order valence-electron chi connectivity index (χ4n) is 3.55. The number of benzene rings is 2. The Bertz CT molecular complexity index is 944. The van der Waals surface area contributed by atoms with E-state index in [1.807, 2.05) is 24.3 Å². The summed E-state index contributed by atoms with van der Waals surface area (Å²) < 4.78 is 21.4. The van der Waals surface area contributed by atoms with Gasteiger partial charge in [-0.25, -0.2) is 4.63 Å². The fraction of sp³-hybridized carbons (Fsp3) is 0.400. The molecule has 148 valence electrons. The van der Waals surface area contributed by atoms with Gasteiger partial charge in [0.25, 0.3) is 0 Å². The van der Waals surface area contributed by atoms with E-state index in [0.717, 1.165) is 23.1 Å². The van der Waals surface area contributed by atoms with Crippen LogP contribution in [0.1, 0.15) is 12.0 Å². The van der Waals surface area contributed by atoms with Crippen molar-refractivity contribution in [3.8, 4) is 17.2 Å². The second-order valence-electron chi connectivity index (χ2n) is 6.81. The van der Waals surface area contributed by atoms with Gasteiger partial charge in [0.15, 0.2) is 11.5 Å². The summed E-state index contributed by atoms with van der Waals surface area (Å²) in [5, 5.41) is 18.5. The van der Waals surface area contributed by atoms with Crippen LogP contribution in [0.15, 0.2) is 41.0 Å². The molecule has 0 amide bonds. The van der Waals surface area contributed by atoms with Gasteiger partial charge in [-0.15, -0.1) is 0 Å². The number of likely N-dealkylation sites (tertiary alicyclic amines) is 1. The maximum absolute atomic E-state index is 10.6. The molecule has 0 saturated carbocycles. The number of aliphatic hydroxyl groups is 1. The highest BCUT2D eigenvalue weighted by atomic mass is 16.6. The molecule has 2 atom stereocenters. The molecule has 0 radical (unpaired) electrons. The minimum absolute atomic E-state index is 0.279. The van der Waals surface area contributed by atoms with E-state index in [-0.39, 0.29) is 6.10 Å². The standard InChI is InChI=1S/C20H23N3O5/c1-25-18-7-6-14(10-19(18)26-2)27-17-8-9-23(12-16(17)24)11-13-4-3-5-15-20(13)22-28-21-15/h3-7,10,16-17,24H,8-9,11-12H2,1-2H3/t16-,17-/m1/s1. The normalized spacial score (nSPS) is 20.2. The van der Waals surface area contributed by atoms with Crippen LogP contribution in [0.3, 0.4) is 0 Å². The Morgan fingerprint density at radius 2 is 2.00 bits per heavy atom. The molecule has 0 spiro atoms. The number of aromatic nitrogens is 2. The highest BCUT2D eigenvalue weighted by Crippen LogP contribution is 2.32. The minimum atomic E-state index is -0.600. The number of rotatable bonds is 6. The van der Waals surface area contributed by atoms with Gasteiger partial charge < -0.3 is 19.3 Å². The molecule has 1 aromatic heterocycles. The molecule has 1 aliphatic rings. The largest absolute Gasteiger partial charge is 0.493 e. The Kier molecular flexibility index (Phi) is 5.31. The third-order valence-electron chi connectivity index (χ3n) is 5.01. The van der Waals surface area contributed by atoms with Crippen LogP contribution in [-0.4, -0.2) is 59.8 Å². The van der Waals surface area contributed by atoms with Crippen molar-refractivity contribution in [3.05, 3.63) is 42.0 Å². The number of methoxy groups -OCH3 is 2. The Morgan fingerprint density at radius 3 is 2.79 bits per heavy atom. The smallest absolute Gasteiger partial charge is 0.164 e. The van der Waals surface area contributed by atoms with Crippen LogP contribution in [0.25, 0.3) is 11.0 Å². The third kappa shape index (κ3) is 3.74. The van der Waals surface area contributed by atoms with Crippen molar-refractivity contribution in [1.82, 2.24) is 15.2 Å². The van der Waals surface area contributed by atoms with Gasteiger partial charge in [0, 0.05) is 25.7 Å². The monoisotopic (exact) mass is 385 g/mol. The van der Waals surface area contributed by atoms with E-state index in [9.17, 15) is 5.11 Å². The average molecular weight is 385 g/mol. The Hall–Kier alpha value is -2.84. The zero-order valence-electron chi connectivity index (χ0n) is 15.9. The van der Waals surface area contributed by atoms with Crippen LogP contribution in [0.5, 0.6) is 17.2 Å². The lowest BCUT2D eigenvalue weighted by molar-refractivity contribution is -0.0275. The maximum Gasteiger partial charge on any atom is 0.164 e. The van der Waals surface area contributed by atoms with E-state index in [1.54, 1.807) is 26.4 Å². The van der Waals surface area contributed by atoms with Gasteiger partial charge in [-0.3, -0.25) is 4.90 Å². The number of aliphatic hydroxyl groups excluding tert-OH is 1. The topological polar surface area (TPSA) is 90.1 Å². The minimum Gasteiger partial charge on any atom is -0.493 e. The molecule has 1 N–H and O–H groups in total. The molecular formula is C20H23N3O5. The summed E-state index contributed by atoms with van der Waals surface area (Å²) in [7, 11) is 3.17. The predicted octanol–water partition coefficient (Wildman–Crippen LogP) is 2.25. The summed E-state index contributed by atoms with van der Waals surface area (Å²) in [5.41, 5.74) is 2.54. The fourth-order valence-corrected chi connectivity index (χ4v) is 3.55. The second-order valence-corrected chi connectivity index (χ2v) is 6.81. The molecule has 28 heavy (non-hydrogen) atoms. The van der Waals surface area contributed by atoms with Crippen molar-refractivity contribution < 1.29 is 23.9 Å². The Balaban J connectivity index is 1.39. The predicted molar refractivity (Wildman–Crippen MR) is 102 cm³/mol. The third-order valence-corrected chi connectivity index (χ3v) is 5.01. The zero-order valence-corrected chi connectivity index (χ0v) is 15.9. The number of ether oxygens (including phenoxy) is 3. The van der Waals surface area contributed by atoms with E-state index in [0.29, 0.717) is 36.8 Å². The molecular weight excluding hydrogens is 362 g/mol. The number of fused-ring (bicyclic) bond motifs is 1. The van der Waals surface area contributed by atoms with E-state index >= 15 is 0 Å². The van der Waals surface area contributed by atoms with E-state index in [4.69, 9.17) is 18.8 Å². The van der Waals surface area contributed by atoms with Gasteiger partial charge in [-0.2, -0.15) is 0 Å². The van der Waals surface area contributed by atoms with Gasteiger partial charge >= 0.3 is 0 Å². The summed E-state index contributed by atoms with van der Waals surface area (Å²) in [6.45, 7) is 1.99. The summed E-state index contributed by atoms with van der Waals surface area (Å²) in [4.78, 5) is 2.18. The van der Waals surface area contributed by atoms with Crippen molar-refractivity contribution in [2.45, 2.75) is 25.2 Å². The molecule has 8 nitrogen and oxygen atoms in total. The molecule has 4 rings (SSSR count). The Morgan fingerprint density at radius 1 is 1.14 bits per heavy atom. The van der Waals surface area contributed by atoms with Crippen LogP contribution in [0.2, 0.25) is 0 Å². The molecule has 3 aromatic rings. The number of β-amino-alcohol motifs (C(OH)–C–C–N with tert-alkyl or cyclic N) is 1. The molecule has 0 aliphatic carbocycles. The van der Waals surface area contributed by atoms with Gasteiger partial charge in [0.1, 0.15) is 29.0 Å². The molecule has 2 heterocycles. The van der Waals surface area contributed by atoms with Crippen LogP contribution in [0, 0.1) is 0 Å². The van der Waals surface area contributed by atoms with Crippen LogP contribution >= 0.6 is 0 Å². The first kappa shape index (κ1) is 18.5. The van der Waals surface area contributed by atoms with Crippen molar-refractivity contribution in [3.63, 3.8) is 0 Å². The lowest BCUT2D eigenvalue weighted by atomic mass is 10.0. The first-order valence-corrected chi connectivity index (χ1v) is 9.17. The molecule has 1 fully saturated rings. The zero-order chi connectivity index (χ0) is 19.5. The van der Waals surface area contributed by atoms with E-state index in [2.05, 4.69) is 15.2 Å². The Labute approximate surface area is 162 Å². The molecule has 1 aliphatic heterocycles. The number of piperidine rings is 1.